The van der Waals surface area contributed by atoms with Crippen molar-refractivity contribution in [1.29, 1.82) is 0 Å². The fourth-order valence-electron chi connectivity index (χ4n) is 3.52. The third-order valence-electron chi connectivity index (χ3n) is 4.82. The van der Waals surface area contributed by atoms with E-state index in [4.69, 9.17) is 9.15 Å². The molecular formula is C20H15FO5. The van der Waals surface area contributed by atoms with Crippen LogP contribution in [0.3, 0.4) is 0 Å². The number of benzene rings is 2. The number of carboxylic acids is 1. The van der Waals surface area contributed by atoms with Crippen LogP contribution in [0.2, 0.25) is 0 Å². The number of rotatable bonds is 2. The van der Waals surface area contributed by atoms with E-state index in [2.05, 4.69) is 0 Å². The molecule has 132 valence electrons. The predicted octanol–water partition coefficient (Wildman–Crippen LogP) is 4.46. The maximum Gasteiger partial charge on any atom is 0.372 e. The Hall–Kier alpha value is -3.15. The van der Waals surface area contributed by atoms with Gasteiger partial charge in [0, 0.05) is 10.9 Å². The van der Waals surface area contributed by atoms with E-state index in [1.807, 2.05) is 0 Å². The van der Waals surface area contributed by atoms with Crippen molar-refractivity contribution < 1.29 is 28.2 Å². The van der Waals surface area contributed by atoms with Gasteiger partial charge >= 0.3 is 5.97 Å². The van der Waals surface area contributed by atoms with Gasteiger partial charge in [0.1, 0.15) is 22.8 Å². The van der Waals surface area contributed by atoms with E-state index >= 15 is 0 Å². The Morgan fingerprint density at radius 1 is 1.19 bits per heavy atom. The molecule has 0 aliphatic carbocycles. The molecule has 0 fully saturated rings. The van der Waals surface area contributed by atoms with Gasteiger partial charge < -0.3 is 14.3 Å². The van der Waals surface area contributed by atoms with Crippen molar-refractivity contribution in [3.63, 3.8) is 0 Å². The molecule has 4 rings (SSSR count). The Bertz CT molecular complexity index is 1060. The van der Waals surface area contributed by atoms with E-state index < -0.39 is 11.6 Å². The van der Waals surface area contributed by atoms with E-state index in [-0.39, 0.29) is 23.8 Å². The van der Waals surface area contributed by atoms with Gasteiger partial charge in [-0.25, -0.2) is 9.18 Å². The van der Waals surface area contributed by atoms with Crippen LogP contribution >= 0.6 is 0 Å². The molecule has 1 aliphatic heterocycles. The summed E-state index contributed by atoms with van der Waals surface area (Å²) in [4.78, 5) is 24.3. The Labute approximate surface area is 148 Å². The molecule has 6 heteroatoms. The fourth-order valence-corrected chi connectivity index (χ4v) is 3.52. The second-order valence-electron chi connectivity index (χ2n) is 6.61. The highest BCUT2D eigenvalue weighted by Gasteiger charge is 2.40. The molecule has 5 nitrogen and oxygen atoms in total. The van der Waals surface area contributed by atoms with Crippen molar-refractivity contribution in [2.75, 3.05) is 0 Å². The third-order valence-corrected chi connectivity index (χ3v) is 4.82. The predicted molar refractivity (Wildman–Crippen MR) is 91.2 cm³/mol. The molecule has 1 aliphatic rings. The van der Waals surface area contributed by atoms with Crippen LogP contribution in [-0.2, 0) is 5.60 Å². The van der Waals surface area contributed by atoms with Gasteiger partial charge in [0.25, 0.3) is 0 Å². The Morgan fingerprint density at radius 2 is 1.88 bits per heavy atom. The average molecular weight is 354 g/mol. The molecule has 2 aromatic carbocycles. The summed E-state index contributed by atoms with van der Waals surface area (Å²) in [7, 11) is 0. The number of aryl methyl sites for hydroxylation is 1. The summed E-state index contributed by atoms with van der Waals surface area (Å²) in [6, 6.07) is 9.04. The van der Waals surface area contributed by atoms with Crippen molar-refractivity contribution in [2.45, 2.75) is 25.9 Å². The Morgan fingerprint density at radius 3 is 2.54 bits per heavy atom. The number of fused-ring (bicyclic) bond motifs is 3. The Kier molecular flexibility index (Phi) is 3.41. The first kappa shape index (κ1) is 16.3. The molecule has 3 aromatic rings. The van der Waals surface area contributed by atoms with E-state index in [1.54, 1.807) is 38.1 Å². The number of ketones is 1. The van der Waals surface area contributed by atoms with Gasteiger partial charge in [0.2, 0.25) is 5.76 Å². The standard InChI is InChI=1S/C20H15FO5/c1-10-16-14(25-18(10)19(23)24)7-8-15-17(16)13(22)9-20(2,26-15)11-3-5-12(21)6-4-11/h3-8H,9H2,1-2H3,(H,23,24)/t20-/m1/s1. The maximum atomic E-state index is 13.2. The summed E-state index contributed by atoms with van der Waals surface area (Å²) in [6.45, 7) is 3.38. The van der Waals surface area contributed by atoms with Crippen LogP contribution in [0.25, 0.3) is 11.0 Å². The number of furan rings is 1. The van der Waals surface area contributed by atoms with Gasteiger partial charge in [-0.2, -0.15) is 0 Å². The fraction of sp³-hybridized carbons (Fsp3) is 0.200. The van der Waals surface area contributed by atoms with E-state index in [0.29, 0.717) is 33.4 Å². The van der Waals surface area contributed by atoms with Crippen molar-refractivity contribution in [1.82, 2.24) is 0 Å². The zero-order valence-electron chi connectivity index (χ0n) is 14.1. The van der Waals surface area contributed by atoms with Crippen LogP contribution in [0.15, 0.2) is 40.8 Å². The summed E-state index contributed by atoms with van der Waals surface area (Å²) in [5.41, 5.74) is 0.815. The minimum absolute atomic E-state index is 0.0533. The van der Waals surface area contributed by atoms with Crippen LogP contribution in [0.5, 0.6) is 5.75 Å². The lowest BCUT2D eigenvalue weighted by molar-refractivity contribution is 0.0506. The molecule has 0 unspecified atom stereocenters. The number of carbonyl (C=O) groups excluding carboxylic acids is 1. The smallest absolute Gasteiger partial charge is 0.372 e. The summed E-state index contributed by atoms with van der Waals surface area (Å²) in [6.07, 6.45) is 0.0533. The maximum absolute atomic E-state index is 13.2. The van der Waals surface area contributed by atoms with Crippen molar-refractivity contribution in [2.24, 2.45) is 0 Å². The molecule has 0 amide bonds. The largest absolute Gasteiger partial charge is 0.482 e. The minimum Gasteiger partial charge on any atom is -0.482 e. The van der Waals surface area contributed by atoms with Gasteiger partial charge in [-0.15, -0.1) is 0 Å². The first-order chi connectivity index (χ1) is 12.3. The summed E-state index contributed by atoms with van der Waals surface area (Å²) in [5, 5.41) is 9.71. The highest BCUT2D eigenvalue weighted by Crippen LogP contribution is 2.44. The number of halogens is 1. The molecule has 1 N–H and O–H groups in total. The van der Waals surface area contributed by atoms with Gasteiger partial charge in [-0.1, -0.05) is 12.1 Å². The SMILES string of the molecule is Cc1c(C(=O)O)oc2ccc3c(c12)C(=O)C[C@](C)(c1ccc(F)cc1)O3. The number of aromatic carboxylic acids is 1. The van der Waals surface area contributed by atoms with Crippen LogP contribution in [0.1, 0.15) is 45.4 Å². The Balaban J connectivity index is 1.88. The van der Waals surface area contributed by atoms with Gasteiger partial charge in [0.15, 0.2) is 5.78 Å². The number of carboxylic acid groups (broad SMARTS) is 1. The summed E-state index contributed by atoms with van der Waals surface area (Å²) in [5.74, 6) is -1.55. The molecule has 0 bridgehead atoms. The molecular weight excluding hydrogens is 339 g/mol. The van der Waals surface area contributed by atoms with Gasteiger partial charge in [-0.3, -0.25) is 4.79 Å². The first-order valence-electron chi connectivity index (χ1n) is 8.08. The summed E-state index contributed by atoms with van der Waals surface area (Å²) >= 11 is 0. The second-order valence-corrected chi connectivity index (χ2v) is 6.61. The van der Waals surface area contributed by atoms with Crippen molar-refractivity contribution in [3.05, 3.63) is 64.7 Å². The molecule has 0 radical (unpaired) electrons. The quantitative estimate of drug-likeness (QED) is 0.735. The minimum atomic E-state index is -1.19. The van der Waals surface area contributed by atoms with Crippen LogP contribution in [0, 0.1) is 12.7 Å². The molecule has 26 heavy (non-hydrogen) atoms. The van der Waals surface area contributed by atoms with Crippen molar-refractivity contribution in [3.8, 4) is 5.75 Å². The number of Topliss-reactive ketones (excluding diaryl/α,β-unsaturated/α-hetero) is 1. The molecule has 2 heterocycles. The first-order valence-corrected chi connectivity index (χ1v) is 8.08. The molecule has 1 atom stereocenters. The molecule has 0 saturated heterocycles. The van der Waals surface area contributed by atoms with Gasteiger partial charge in [-0.05, 0) is 43.7 Å². The van der Waals surface area contributed by atoms with E-state index in [1.165, 1.54) is 12.1 Å². The van der Waals surface area contributed by atoms with E-state index in [9.17, 15) is 19.1 Å². The topological polar surface area (TPSA) is 76.7 Å². The average Bonchev–Trinajstić information content (AvgIpc) is 2.92. The zero-order chi connectivity index (χ0) is 18.6. The van der Waals surface area contributed by atoms with Crippen LogP contribution < -0.4 is 4.74 Å². The van der Waals surface area contributed by atoms with Crippen LogP contribution in [-0.4, -0.2) is 16.9 Å². The normalized spacial score (nSPS) is 19.3. The lowest BCUT2D eigenvalue weighted by Crippen LogP contribution is -2.36. The number of ether oxygens (including phenoxy) is 1. The number of hydrogen-bond donors (Lipinski definition) is 1. The highest BCUT2D eigenvalue weighted by molar-refractivity contribution is 6.13. The van der Waals surface area contributed by atoms with Gasteiger partial charge in [0.05, 0.1) is 12.0 Å². The van der Waals surface area contributed by atoms with E-state index in [0.717, 1.165) is 0 Å². The summed E-state index contributed by atoms with van der Waals surface area (Å²) < 4.78 is 24.7. The zero-order valence-corrected chi connectivity index (χ0v) is 14.1. The van der Waals surface area contributed by atoms with Crippen LogP contribution in [0.4, 0.5) is 4.39 Å². The van der Waals surface area contributed by atoms with Crippen molar-refractivity contribution >= 4 is 22.7 Å². The molecule has 0 saturated carbocycles. The number of carbonyl (C=O) groups is 2. The molecule has 1 aromatic heterocycles. The highest BCUT2D eigenvalue weighted by atomic mass is 19.1. The lowest BCUT2D eigenvalue weighted by Gasteiger charge is -2.35. The number of hydrogen-bond acceptors (Lipinski definition) is 4. The molecule has 0 spiro atoms. The second kappa shape index (κ2) is 5.42. The monoisotopic (exact) mass is 354 g/mol. The third kappa shape index (κ3) is 2.29. The lowest BCUT2D eigenvalue weighted by atomic mass is 9.84.